The van der Waals surface area contributed by atoms with Gasteiger partial charge < -0.3 is 24.2 Å². The van der Waals surface area contributed by atoms with E-state index in [-0.39, 0.29) is 19.6 Å². The highest BCUT2D eigenvalue weighted by Gasteiger charge is 2.41. The van der Waals surface area contributed by atoms with Crippen LogP contribution in [0.3, 0.4) is 0 Å². The van der Waals surface area contributed by atoms with Gasteiger partial charge in [-0.05, 0) is 41.7 Å². The van der Waals surface area contributed by atoms with Crippen molar-refractivity contribution in [1.82, 2.24) is 5.06 Å². The molecule has 24 heavy (non-hydrogen) atoms. The summed E-state index contributed by atoms with van der Waals surface area (Å²) in [6.07, 6.45) is 1.52. The molecule has 2 aromatic rings. The van der Waals surface area contributed by atoms with Crippen molar-refractivity contribution in [3.8, 4) is 34.1 Å². The van der Waals surface area contributed by atoms with E-state index in [1.807, 2.05) is 6.07 Å². The summed E-state index contributed by atoms with van der Waals surface area (Å²) in [6.45, 7) is 1.08. The second kappa shape index (κ2) is 4.34. The van der Waals surface area contributed by atoms with E-state index < -0.39 is 0 Å². The van der Waals surface area contributed by atoms with Crippen LogP contribution in [0.15, 0.2) is 18.2 Å². The summed E-state index contributed by atoms with van der Waals surface area (Å²) in [7, 11) is 0. The molecule has 2 aromatic carbocycles. The first kappa shape index (κ1) is 12.9. The number of hydrogen-bond acceptors (Lipinski definition) is 6. The molecular formula is C18H15NO5. The van der Waals surface area contributed by atoms with Gasteiger partial charge in [0.2, 0.25) is 13.6 Å². The highest BCUT2D eigenvalue weighted by atomic mass is 16.7. The minimum Gasteiger partial charge on any atom is -0.454 e. The van der Waals surface area contributed by atoms with Crippen LogP contribution in [-0.4, -0.2) is 30.4 Å². The molecule has 0 unspecified atom stereocenters. The molecule has 6 heteroatoms. The van der Waals surface area contributed by atoms with Crippen molar-refractivity contribution in [2.75, 3.05) is 20.1 Å². The van der Waals surface area contributed by atoms with Gasteiger partial charge in [-0.3, -0.25) is 0 Å². The molecule has 1 aliphatic carbocycles. The maximum Gasteiger partial charge on any atom is 0.231 e. The normalized spacial score (nSPS) is 22.3. The van der Waals surface area contributed by atoms with Crippen molar-refractivity contribution in [3.63, 3.8) is 0 Å². The van der Waals surface area contributed by atoms with Crippen LogP contribution < -0.4 is 18.9 Å². The van der Waals surface area contributed by atoms with Gasteiger partial charge in [0.1, 0.15) is 0 Å². The van der Waals surface area contributed by atoms with Gasteiger partial charge in [-0.25, -0.2) is 0 Å². The monoisotopic (exact) mass is 325 g/mol. The molecule has 0 saturated carbocycles. The summed E-state index contributed by atoms with van der Waals surface area (Å²) in [4.78, 5) is 0. The van der Waals surface area contributed by atoms with Gasteiger partial charge in [-0.2, -0.15) is 5.06 Å². The Hall–Kier alpha value is -2.44. The standard InChI is InChI=1S/C18H15NO5/c20-19-4-3-10-6-13-18(24-8-22-13)16-14(10)11(19)5-9-1-2-12-17(15(9)16)23-7-21-12/h1-2,6,11,20H,3-5,7-8H2/t11-/m0/s1. The summed E-state index contributed by atoms with van der Waals surface area (Å²) in [5.74, 6) is 3.05. The predicted octanol–water partition coefficient (Wildman–Crippen LogP) is 2.66. The highest BCUT2D eigenvalue weighted by Crippen LogP contribution is 2.57. The SMILES string of the molecule is ON1CCc2cc3c(c4c2[C@@H]1Cc1ccc2c(c1-4)OCO2)OCO3. The van der Waals surface area contributed by atoms with Gasteiger partial charge in [-0.1, -0.05) is 6.07 Å². The Morgan fingerprint density at radius 2 is 1.71 bits per heavy atom. The van der Waals surface area contributed by atoms with E-state index in [1.165, 1.54) is 10.6 Å². The fraction of sp³-hybridized carbons (Fsp3) is 0.333. The number of rotatable bonds is 0. The van der Waals surface area contributed by atoms with Crippen LogP contribution in [0.2, 0.25) is 0 Å². The van der Waals surface area contributed by atoms with Gasteiger partial charge in [0, 0.05) is 17.7 Å². The lowest BCUT2D eigenvalue weighted by Crippen LogP contribution is -2.36. The fourth-order valence-electron chi connectivity index (χ4n) is 4.36. The van der Waals surface area contributed by atoms with E-state index in [0.29, 0.717) is 6.54 Å². The van der Waals surface area contributed by atoms with Crippen molar-refractivity contribution in [3.05, 3.63) is 34.9 Å². The van der Waals surface area contributed by atoms with E-state index in [0.717, 1.165) is 58.1 Å². The average Bonchev–Trinajstić information content (AvgIpc) is 3.25. The summed E-state index contributed by atoms with van der Waals surface area (Å²) in [5.41, 5.74) is 5.49. The maximum atomic E-state index is 10.4. The third kappa shape index (κ3) is 1.48. The van der Waals surface area contributed by atoms with E-state index in [9.17, 15) is 5.21 Å². The van der Waals surface area contributed by atoms with Crippen molar-refractivity contribution in [1.29, 1.82) is 0 Å². The molecule has 0 aromatic heterocycles. The Kier molecular flexibility index (Phi) is 2.34. The lowest BCUT2D eigenvalue weighted by Gasteiger charge is -2.38. The molecule has 122 valence electrons. The first-order chi connectivity index (χ1) is 11.8. The number of nitrogens with zero attached hydrogens (tertiary/aromatic N) is 1. The Morgan fingerprint density at radius 3 is 2.58 bits per heavy atom. The summed E-state index contributed by atoms with van der Waals surface area (Å²) in [6, 6.07) is 6.00. The lowest BCUT2D eigenvalue weighted by molar-refractivity contribution is -0.133. The zero-order valence-corrected chi connectivity index (χ0v) is 12.9. The maximum absolute atomic E-state index is 10.4. The number of hydroxylamine groups is 2. The molecule has 0 radical (unpaired) electrons. The minimum atomic E-state index is -0.0638. The Labute approximate surface area is 138 Å². The van der Waals surface area contributed by atoms with E-state index in [4.69, 9.17) is 18.9 Å². The second-order valence-electron chi connectivity index (χ2n) is 6.52. The fourth-order valence-corrected chi connectivity index (χ4v) is 4.36. The molecule has 3 aliphatic heterocycles. The zero-order valence-electron chi connectivity index (χ0n) is 12.9. The largest absolute Gasteiger partial charge is 0.454 e. The van der Waals surface area contributed by atoms with Crippen molar-refractivity contribution in [2.24, 2.45) is 0 Å². The quantitative estimate of drug-likeness (QED) is 0.803. The van der Waals surface area contributed by atoms with Crippen molar-refractivity contribution in [2.45, 2.75) is 18.9 Å². The van der Waals surface area contributed by atoms with Crippen molar-refractivity contribution < 1.29 is 24.2 Å². The third-order valence-corrected chi connectivity index (χ3v) is 5.38. The Balaban J connectivity index is 1.74. The third-order valence-electron chi connectivity index (χ3n) is 5.38. The smallest absolute Gasteiger partial charge is 0.231 e. The van der Waals surface area contributed by atoms with Crippen LogP contribution in [0.5, 0.6) is 23.0 Å². The lowest BCUT2D eigenvalue weighted by atomic mass is 9.76. The molecule has 4 aliphatic rings. The predicted molar refractivity (Wildman–Crippen MR) is 82.8 cm³/mol. The molecule has 6 rings (SSSR count). The zero-order chi connectivity index (χ0) is 15.8. The van der Waals surface area contributed by atoms with E-state index >= 15 is 0 Å². The average molecular weight is 325 g/mol. The molecule has 3 heterocycles. The first-order valence-corrected chi connectivity index (χ1v) is 8.14. The Bertz CT molecular complexity index is 894. The van der Waals surface area contributed by atoms with Crippen LogP contribution in [0.25, 0.3) is 11.1 Å². The van der Waals surface area contributed by atoms with Gasteiger partial charge >= 0.3 is 0 Å². The van der Waals surface area contributed by atoms with Crippen LogP contribution in [0, 0.1) is 0 Å². The molecule has 0 saturated heterocycles. The minimum absolute atomic E-state index is 0.0638. The summed E-state index contributed by atoms with van der Waals surface area (Å²) >= 11 is 0. The van der Waals surface area contributed by atoms with Gasteiger partial charge in [0.15, 0.2) is 23.0 Å². The highest BCUT2D eigenvalue weighted by molar-refractivity contribution is 5.89. The molecular weight excluding hydrogens is 310 g/mol. The van der Waals surface area contributed by atoms with Crippen LogP contribution >= 0.6 is 0 Å². The number of benzene rings is 2. The first-order valence-electron chi connectivity index (χ1n) is 8.14. The molecule has 0 fully saturated rings. The molecule has 0 spiro atoms. The van der Waals surface area contributed by atoms with Gasteiger partial charge in [-0.15, -0.1) is 0 Å². The molecule has 6 nitrogen and oxygen atoms in total. The second-order valence-corrected chi connectivity index (χ2v) is 6.52. The molecule has 0 bridgehead atoms. The summed E-state index contributed by atoms with van der Waals surface area (Å²) < 4.78 is 22.8. The van der Waals surface area contributed by atoms with Crippen LogP contribution in [-0.2, 0) is 12.8 Å². The van der Waals surface area contributed by atoms with Crippen LogP contribution in [0.4, 0.5) is 0 Å². The van der Waals surface area contributed by atoms with Crippen LogP contribution in [0.1, 0.15) is 22.7 Å². The Morgan fingerprint density at radius 1 is 0.917 bits per heavy atom. The van der Waals surface area contributed by atoms with Gasteiger partial charge in [0.05, 0.1) is 6.04 Å². The van der Waals surface area contributed by atoms with Gasteiger partial charge in [0.25, 0.3) is 0 Å². The number of ether oxygens (including phenoxy) is 4. The topological polar surface area (TPSA) is 60.4 Å². The number of hydrogen-bond donors (Lipinski definition) is 1. The molecule has 0 amide bonds. The molecule has 1 atom stereocenters. The number of fused-ring (bicyclic) bond motifs is 6. The van der Waals surface area contributed by atoms with Crippen molar-refractivity contribution >= 4 is 0 Å². The summed E-state index contributed by atoms with van der Waals surface area (Å²) in [5, 5.41) is 11.9. The van der Waals surface area contributed by atoms with E-state index in [1.54, 1.807) is 0 Å². The molecule has 1 N–H and O–H groups in total. The van der Waals surface area contributed by atoms with E-state index in [2.05, 4.69) is 12.1 Å².